The molecule has 1 saturated heterocycles. The summed E-state index contributed by atoms with van der Waals surface area (Å²) in [5.74, 6) is -0.128. The second-order valence-corrected chi connectivity index (χ2v) is 7.80. The molecule has 1 aromatic heterocycles. The van der Waals surface area contributed by atoms with Gasteiger partial charge in [0, 0.05) is 31.1 Å². The molecule has 2 atom stereocenters. The first-order valence-corrected chi connectivity index (χ1v) is 8.80. The molecule has 1 fully saturated rings. The summed E-state index contributed by atoms with van der Waals surface area (Å²) in [4.78, 5) is 44.4. The van der Waals surface area contributed by atoms with Crippen LogP contribution in [0.4, 0.5) is 0 Å². The predicted molar refractivity (Wildman–Crippen MR) is 95.5 cm³/mol. The van der Waals surface area contributed by atoms with Crippen molar-refractivity contribution in [1.82, 2.24) is 20.2 Å². The van der Waals surface area contributed by atoms with Crippen LogP contribution in [-0.2, 0) is 10.2 Å². The van der Waals surface area contributed by atoms with E-state index < -0.39 is 5.69 Å². The van der Waals surface area contributed by atoms with Crippen molar-refractivity contribution < 1.29 is 9.59 Å². The number of likely N-dealkylation sites (tertiary alicyclic amines) is 1. The minimum absolute atomic E-state index is 0.0505. The molecule has 1 aliphatic heterocycles. The van der Waals surface area contributed by atoms with Crippen molar-refractivity contribution in [1.29, 1.82) is 0 Å². The Balaban J connectivity index is 2.24. The van der Waals surface area contributed by atoms with Gasteiger partial charge in [-0.2, -0.15) is 4.98 Å². The average Bonchev–Trinajstić information content (AvgIpc) is 2.87. The molecule has 25 heavy (non-hydrogen) atoms. The molecule has 2 heterocycles. The molecule has 2 rings (SSSR count). The lowest BCUT2D eigenvalue weighted by Gasteiger charge is -2.20. The number of nitrogens with zero attached hydrogens (tertiary/aromatic N) is 2. The molecule has 0 aromatic carbocycles. The van der Waals surface area contributed by atoms with Gasteiger partial charge in [0.1, 0.15) is 5.69 Å². The van der Waals surface area contributed by atoms with Crippen LogP contribution in [0, 0.1) is 5.92 Å². The molecular weight excluding hydrogens is 320 g/mol. The van der Waals surface area contributed by atoms with Crippen LogP contribution < -0.4 is 11.0 Å². The SMILES string of the molecule is CCC[C@H]1CN(C(=O)c2cc(C(C)(C)C)[nH]c(=O)n2)C[C@@H]1NC(C)=O. The number of carbonyl (C=O) groups excluding carboxylic acids is 2. The zero-order valence-corrected chi connectivity index (χ0v) is 15.7. The normalized spacial score (nSPS) is 20.6. The third-order valence-electron chi connectivity index (χ3n) is 4.55. The quantitative estimate of drug-likeness (QED) is 0.861. The van der Waals surface area contributed by atoms with Gasteiger partial charge in [-0.15, -0.1) is 0 Å². The highest BCUT2D eigenvalue weighted by Crippen LogP contribution is 2.24. The van der Waals surface area contributed by atoms with E-state index in [2.05, 4.69) is 22.2 Å². The summed E-state index contributed by atoms with van der Waals surface area (Å²) in [6.45, 7) is 10.5. The molecule has 7 nitrogen and oxygen atoms in total. The Morgan fingerprint density at radius 3 is 2.60 bits per heavy atom. The van der Waals surface area contributed by atoms with E-state index in [-0.39, 0.29) is 34.9 Å². The summed E-state index contributed by atoms with van der Waals surface area (Å²) in [6.07, 6.45) is 1.92. The van der Waals surface area contributed by atoms with Gasteiger partial charge in [-0.1, -0.05) is 34.1 Å². The Morgan fingerprint density at radius 1 is 1.36 bits per heavy atom. The number of nitrogens with one attached hydrogen (secondary N) is 2. The number of H-pyrrole nitrogens is 1. The lowest BCUT2D eigenvalue weighted by molar-refractivity contribution is -0.119. The maximum atomic E-state index is 12.9. The predicted octanol–water partition coefficient (Wildman–Crippen LogP) is 1.44. The van der Waals surface area contributed by atoms with E-state index in [1.54, 1.807) is 11.0 Å². The third-order valence-corrected chi connectivity index (χ3v) is 4.55. The van der Waals surface area contributed by atoms with Gasteiger partial charge in [-0.05, 0) is 18.4 Å². The van der Waals surface area contributed by atoms with E-state index in [4.69, 9.17) is 0 Å². The second-order valence-electron chi connectivity index (χ2n) is 7.80. The molecule has 7 heteroatoms. The summed E-state index contributed by atoms with van der Waals surface area (Å²) in [5, 5.41) is 2.94. The van der Waals surface area contributed by atoms with Gasteiger partial charge in [0.05, 0.1) is 6.04 Å². The van der Waals surface area contributed by atoms with Gasteiger partial charge in [0.15, 0.2) is 0 Å². The van der Waals surface area contributed by atoms with Gasteiger partial charge in [0.2, 0.25) is 5.91 Å². The Morgan fingerprint density at radius 2 is 2.04 bits per heavy atom. The number of hydrogen-bond acceptors (Lipinski definition) is 4. The standard InChI is InChI=1S/C18H28N4O3/c1-6-7-12-9-22(10-14(12)19-11(2)23)16(24)13-8-15(18(3,4)5)21-17(25)20-13/h8,12,14H,6-7,9-10H2,1-5H3,(H,19,23)(H,20,21,25)/t12-,14-/m0/s1. The van der Waals surface area contributed by atoms with Crippen LogP contribution in [0.1, 0.15) is 63.6 Å². The summed E-state index contributed by atoms with van der Waals surface area (Å²) in [7, 11) is 0. The molecule has 0 unspecified atom stereocenters. The van der Waals surface area contributed by atoms with Crippen molar-refractivity contribution >= 4 is 11.8 Å². The van der Waals surface area contributed by atoms with E-state index in [9.17, 15) is 14.4 Å². The number of rotatable bonds is 4. The monoisotopic (exact) mass is 348 g/mol. The summed E-state index contributed by atoms with van der Waals surface area (Å²) >= 11 is 0. The van der Waals surface area contributed by atoms with Gasteiger partial charge in [-0.25, -0.2) is 4.79 Å². The second kappa shape index (κ2) is 7.37. The first-order valence-electron chi connectivity index (χ1n) is 8.80. The molecular formula is C18H28N4O3. The fourth-order valence-corrected chi connectivity index (χ4v) is 3.26. The number of hydrogen-bond donors (Lipinski definition) is 2. The summed E-state index contributed by atoms with van der Waals surface area (Å²) < 4.78 is 0. The van der Waals surface area contributed by atoms with Crippen molar-refractivity contribution in [2.75, 3.05) is 13.1 Å². The Bertz CT molecular complexity index is 705. The zero-order valence-electron chi connectivity index (χ0n) is 15.7. The lowest BCUT2D eigenvalue weighted by atomic mass is 9.91. The maximum Gasteiger partial charge on any atom is 0.345 e. The molecule has 138 valence electrons. The molecule has 0 spiro atoms. The van der Waals surface area contributed by atoms with Crippen molar-refractivity contribution in [3.8, 4) is 0 Å². The van der Waals surface area contributed by atoms with Crippen LogP contribution in [-0.4, -0.2) is 45.8 Å². The van der Waals surface area contributed by atoms with Crippen molar-refractivity contribution in [2.45, 2.75) is 58.9 Å². The highest BCUT2D eigenvalue weighted by atomic mass is 16.2. The van der Waals surface area contributed by atoms with Gasteiger partial charge in [-0.3, -0.25) is 9.59 Å². The van der Waals surface area contributed by atoms with Crippen LogP contribution in [0.25, 0.3) is 0 Å². The molecule has 0 bridgehead atoms. The minimum Gasteiger partial charge on any atom is -0.351 e. The average molecular weight is 348 g/mol. The molecule has 0 aliphatic carbocycles. The highest BCUT2D eigenvalue weighted by molar-refractivity contribution is 5.92. The maximum absolute atomic E-state index is 12.9. The van der Waals surface area contributed by atoms with E-state index in [0.29, 0.717) is 18.8 Å². The highest BCUT2D eigenvalue weighted by Gasteiger charge is 2.36. The number of aromatic nitrogens is 2. The Labute approximate surface area is 148 Å². The third kappa shape index (κ3) is 4.67. The van der Waals surface area contributed by atoms with Crippen molar-refractivity contribution in [3.63, 3.8) is 0 Å². The number of carbonyl (C=O) groups is 2. The van der Waals surface area contributed by atoms with Crippen LogP contribution >= 0.6 is 0 Å². The summed E-state index contributed by atoms with van der Waals surface area (Å²) in [6, 6.07) is 1.61. The molecule has 2 amide bonds. The van der Waals surface area contributed by atoms with E-state index in [0.717, 1.165) is 12.8 Å². The zero-order chi connectivity index (χ0) is 18.8. The first kappa shape index (κ1) is 19.1. The molecule has 2 N–H and O–H groups in total. The van der Waals surface area contributed by atoms with Crippen LogP contribution in [0.2, 0.25) is 0 Å². The van der Waals surface area contributed by atoms with E-state index >= 15 is 0 Å². The topological polar surface area (TPSA) is 95.2 Å². The fourth-order valence-electron chi connectivity index (χ4n) is 3.26. The van der Waals surface area contributed by atoms with E-state index in [1.165, 1.54) is 6.92 Å². The van der Waals surface area contributed by atoms with Crippen molar-refractivity contribution in [2.24, 2.45) is 5.92 Å². The number of amides is 2. The Hall–Kier alpha value is -2.18. The first-order chi connectivity index (χ1) is 11.6. The largest absolute Gasteiger partial charge is 0.351 e. The van der Waals surface area contributed by atoms with Crippen LogP contribution in [0.3, 0.4) is 0 Å². The van der Waals surface area contributed by atoms with Crippen molar-refractivity contribution in [3.05, 3.63) is 27.9 Å². The van der Waals surface area contributed by atoms with Gasteiger partial charge in [0.25, 0.3) is 5.91 Å². The summed E-state index contributed by atoms with van der Waals surface area (Å²) in [5.41, 5.74) is 0.0375. The molecule has 0 radical (unpaired) electrons. The Kier molecular flexibility index (Phi) is 5.65. The lowest BCUT2D eigenvalue weighted by Crippen LogP contribution is -2.40. The smallest absolute Gasteiger partial charge is 0.345 e. The minimum atomic E-state index is -0.515. The fraction of sp³-hybridized carbons (Fsp3) is 0.667. The molecule has 1 aromatic rings. The van der Waals surface area contributed by atoms with Crippen LogP contribution in [0.15, 0.2) is 10.9 Å². The van der Waals surface area contributed by atoms with Gasteiger partial charge >= 0.3 is 5.69 Å². The number of aromatic amines is 1. The van der Waals surface area contributed by atoms with Gasteiger partial charge < -0.3 is 15.2 Å². The molecule has 1 aliphatic rings. The van der Waals surface area contributed by atoms with E-state index in [1.807, 2.05) is 20.8 Å². The molecule has 0 saturated carbocycles. The van der Waals surface area contributed by atoms with Crippen LogP contribution in [0.5, 0.6) is 0 Å².